The molecule has 0 heterocycles. The Kier molecular flexibility index (Phi) is 21.6. The van der Waals surface area contributed by atoms with Crippen molar-refractivity contribution in [2.75, 3.05) is 19.8 Å². The maximum Gasteiger partial charge on any atom is 0.332 e. The van der Waals surface area contributed by atoms with Crippen LogP contribution in [0.1, 0.15) is 111 Å². The van der Waals surface area contributed by atoms with Crippen LogP contribution in [-0.2, 0) is 13.6 Å². The van der Waals surface area contributed by atoms with Crippen molar-refractivity contribution in [1.29, 1.82) is 0 Å². The number of hydrogen-bond acceptors (Lipinski definition) is 3. The molecule has 0 aromatic rings. The molecule has 0 fully saturated rings. The van der Waals surface area contributed by atoms with Crippen LogP contribution in [0.25, 0.3) is 0 Å². The highest BCUT2D eigenvalue weighted by molar-refractivity contribution is 7.41. The molecule has 3 nitrogen and oxygen atoms in total. The molecule has 0 aliphatic rings. The molecule has 0 amide bonds. The molecular formula is C20H43O3P. The van der Waals surface area contributed by atoms with Crippen molar-refractivity contribution in [3.05, 3.63) is 0 Å². The van der Waals surface area contributed by atoms with Crippen LogP contribution in [-0.4, -0.2) is 19.8 Å². The molecule has 4 heteroatoms. The van der Waals surface area contributed by atoms with Crippen molar-refractivity contribution in [3.63, 3.8) is 0 Å². The lowest BCUT2D eigenvalue weighted by atomic mass is 10.1. The van der Waals surface area contributed by atoms with Gasteiger partial charge in [-0.1, -0.05) is 91.4 Å². The van der Waals surface area contributed by atoms with Crippen LogP contribution < -0.4 is 0 Å². The Hall–Kier alpha value is 0.310. The van der Waals surface area contributed by atoms with E-state index in [0.717, 1.165) is 39.1 Å². The monoisotopic (exact) mass is 362 g/mol. The minimum atomic E-state index is -1.13. The Bertz CT molecular complexity index is 215. The zero-order valence-corrected chi connectivity index (χ0v) is 17.6. The normalized spacial score (nSPS) is 11.5. The van der Waals surface area contributed by atoms with E-state index in [9.17, 15) is 0 Å². The average Bonchev–Trinajstić information content (AvgIpc) is 2.60. The smallest absolute Gasteiger partial charge is 0.312 e. The van der Waals surface area contributed by atoms with Gasteiger partial charge in [0.25, 0.3) is 0 Å². The van der Waals surface area contributed by atoms with Crippen LogP contribution in [0.3, 0.4) is 0 Å². The third kappa shape index (κ3) is 18.6. The molecule has 0 bridgehead atoms. The highest BCUT2D eigenvalue weighted by Gasteiger charge is 2.12. The van der Waals surface area contributed by atoms with E-state index in [1.54, 1.807) is 0 Å². The lowest BCUT2D eigenvalue weighted by Gasteiger charge is -2.16. The van der Waals surface area contributed by atoms with Crippen LogP contribution >= 0.6 is 8.60 Å². The van der Waals surface area contributed by atoms with Gasteiger partial charge in [0.1, 0.15) is 0 Å². The minimum Gasteiger partial charge on any atom is -0.312 e. The molecule has 0 aromatic heterocycles. The molecule has 0 radical (unpaired) electrons. The fourth-order valence-corrected chi connectivity index (χ4v) is 3.53. The summed E-state index contributed by atoms with van der Waals surface area (Å²) in [6.07, 6.45) is 17.7. The van der Waals surface area contributed by atoms with E-state index in [1.807, 2.05) is 0 Å². The van der Waals surface area contributed by atoms with E-state index in [0.29, 0.717) is 0 Å². The van der Waals surface area contributed by atoms with Gasteiger partial charge in [0.15, 0.2) is 0 Å². The van der Waals surface area contributed by atoms with Crippen molar-refractivity contribution >= 4 is 8.60 Å². The lowest BCUT2D eigenvalue weighted by molar-refractivity contribution is 0.154. The molecule has 0 N–H and O–H groups in total. The molecule has 0 spiro atoms. The van der Waals surface area contributed by atoms with Crippen molar-refractivity contribution < 1.29 is 13.6 Å². The fraction of sp³-hybridized carbons (Fsp3) is 1.00. The number of rotatable bonds is 20. The second kappa shape index (κ2) is 21.4. The highest BCUT2D eigenvalue weighted by Crippen LogP contribution is 2.40. The molecule has 0 saturated carbocycles. The highest BCUT2D eigenvalue weighted by atomic mass is 31.2. The zero-order valence-electron chi connectivity index (χ0n) is 16.7. The Morgan fingerprint density at radius 3 is 1.12 bits per heavy atom. The predicted molar refractivity (Wildman–Crippen MR) is 106 cm³/mol. The first kappa shape index (κ1) is 24.3. The molecule has 0 saturated heterocycles. The summed E-state index contributed by atoms with van der Waals surface area (Å²) in [6.45, 7) is 9.01. The summed E-state index contributed by atoms with van der Waals surface area (Å²) < 4.78 is 17.5. The van der Waals surface area contributed by atoms with Gasteiger partial charge in [-0.2, -0.15) is 0 Å². The Morgan fingerprint density at radius 1 is 0.417 bits per heavy atom. The molecule has 0 rings (SSSR count). The summed E-state index contributed by atoms with van der Waals surface area (Å²) in [7, 11) is -1.13. The maximum atomic E-state index is 5.87. The minimum absolute atomic E-state index is 0.769. The van der Waals surface area contributed by atoms with Crippen LogP contribution in [0, 0.1) is 0 Å². The second-order valence-corrected chi connectivity index (χ2v) is 7.83. The fourth-order valence-electron chi connectivity index (χ4n) is 2.47. The number of unbranched alkanes of at least 4 members (excludes halogenated alkanes) is 11. The molecule has 0 aliphatic carbocycles. The standard InChI is InChI=1S/C20H43O3P/c1-4-7-10-11-12-13-14-17-20-23-24(21-18-15-8-5-2)22-19-16-9-6-3/h4-20H2,1-3H3. The van der Waals surface area contributed by atoms with E-state index in [-0.39, 0.29) is 0 Å². The van der Waals surface area contributed by atoms with Gasteiger partial charge < -0.3 is 13.6 Å². The van der Waals surface area contributed by atoms with Gasteiger partial charge in [-0.15, -0.1) is 0 Å². The topological polar surface area (TPSA) is 27.7 Å². The molecule has 0 aromatic carbocycles. The third-order valence-electron chi connectivity index (χ3n) is 4.08. The van der Waals surface area contributed by atoms with Crippen LogP contribution in [0.2, 0.25) is 0 Å². The van der Waals surface area contributed by atoms with Gasteiger partial charge >= 0.3 is 8.60 Å². The van der Waals surface area contributed by atoms with Gasteiger partial charge in [-0.05, 0) is 19.3 Å². The summed E-state index contributed by atoms with van der Waals surface area (Å²) in [5.74, 6) is 0. The number of hydrogen-bond donors (Lipinski definition) is 0. The average molecular weight is 363 g/mol. The van der Waals surface area contributed by atoms with Gasteiger partial charge in [0.2, 0.25) is 0 Å². The first-order valence-electron chi connectivity index (χ1n) is 10.5. The maximum absolute atomic E-state index is 5.87. The zero-order chi connectivity index (χ0) is 17.7. The first-order valence-corrected chi connectivity index (χ1v) is 11.6. The quantitative estimate of drug-likeness (QED) is 0.163. The van der Waals surface area contributed by atoms with E-state index in [1.165, 1.54) is 70.6 Å². The summed E-state index contributed by atoms with van der Waals surface area (Å²) in [5.41, 5.74) is 0. The van der Waals surface area contributed by atoms with E-state index < -0.39 is 8.60 Å². The predicted octanol–water partition coefficient (Wildman–Crippen LogP) is 7.78. The third-order valence-corrected chi connectivity index (χ3v) is 5.26. The SMILES string of the molecule is CCCCCCCCCCOP(OCCCCC)OCCCCC. The lowest BCUT2D eigenvalue weighted by Crippen LogP contribution is -2.00. The second-order valence-electron chi connectivity index (χ2n) is 6.61. The Balaban J connectivity index is 3.62. The largest absolute Gasteiger partial charge is 0.332 e. The van der Waals surface area contributed by atoms with Gasteiger partial charge in [-0.3, -0.25) is 0 Å². The molecule has 146 valence electrons. The molecule has 0 aliphatic heterocycles. The van der Waals surface area contributed by atoms with Crippen LogP contribution in [0.15, 0.2) is 0 Å². The summed E-state index contributed by atoms with van der Waals surface area (Å²) in [6, 6.07) is 0. The van der Waals surface area contributed by atoms with E-state index >= 15 is 0 Å². The van der Waals surface area contributed by atoms with Crippen LogP contribution in [0.4, 0.5) is 0 Å². The van der Waals surface area contributed by atoms with Crippen molar-refractivity contribution in [3.8, 4) is 0 Å². The molecule has 0 atom stereocenters. The molecule has 0 unspecified atom stereocenters. The van der Waals surface area contributed by atoms with Crippen molar-refractivity contribution in [2.24, 2.45) is 0 Å². The van der Waals surface area contributed by atoms with Crippen molar-refractivity contribution in [1.82, 2.24) is 0 Å². The Morgan fingerprint density at radius 2 is 0.708 bits per heavy atom. The molecular weight excluding hydrogens is 319 g/mol. The van der Waals surface area contributed by atoms with Crippen LogP contribution in [0.5, 0.6) is 0 Å². The summed E-state index contributed by atoms with van der Waals surface area (Å²) >= 11 is 0. The first-order chi connectivity index (χ1) is 11.8. The summed E-state index contributed by atoms with van der Waals surface area (Å²) in [5, 5.41) is 0. The summed E-state index contributed by atoms with van der Waals surface area (Å²) in [4.78, 5) is 0. The van der Waals surface area contributed by atoms with E-state index in [4.69, 9.17) is 13.6 Å². The molecule has 24 heavy (non-hydrogen) atoms. The van der Waals surface area contributed by atoms with Gasteiger partial charge in [0.05, 0.1) is 19.8 Å². The van der Waals surface area contributed by atoms with Crippen molar-refractivity contribution in [2.45, 2.75) is 111 Å². The Labute approximate surface area is 153 Å². The van der Waals surface area contributed by atoms with Gasteiger partial charge in [-0.25, -0.2) is 0 Å². The van der Waals surface area contributed by atoms with Gasteiger partial charge in [0, 0.05) is 0 Å². The van der Waals surface area contributed by atoms with E-state index in [2.05, 4.69) is 20.8 Å².